The fraction of sp³-hybridized carbons (Fsp3) is 0.0357. The molecule has 0 aliphatic rings. The van der Waals surface area contributed by atoms with Crippen LogP contribution in [0.4, 0.5) is 0 Å². The molecule has 0 radical (unpaired) electrons. The Balaban J connectivity index is 1.87. The Labute approximate surface area is 185 Å². The number of rotatable bonds is 7. The Morgan fingerprint density at radius 2 is 1.00 bits per heavy atom. The Morgan fingerprint density at radius 1 is 0.531 bits per heavy atom. The van der Waals surface area contributed by atoms with Gasteiger partial charge >= 0.3 is 0 Å². The molecule has 0 aliphatic carbocycles. The van der Waals surface area contributed by atoms with Crippen LogP contribution < -0.4 is 0 Å². The Kier molecular flexibility index (Phi) is 6.15. The van der Waals surface area contributed by atoms with E-state index in [0.29, 0.717) is 16.7 Å². The standard InChI is InChI=1S/C28H20O4/c29-25(19-11-4-1-5-12-19)22-17-10-18-23(24(22)26(30)20-13-6-2-7-14-20)28(32)27(31)21-15-8-3-9-16-21/h1-18,27,31H. The molecule has 1 unspecified atom stereocenters. The van der Waals surface area contributed by atoms with Gasteiger partial charge in [-0.1, -0.05) is 109 Å². The lowest BCUT2D eigenvalue weighted by molar-refractivity contribution is 0.0744. The van der Waals surface area contributed by atoms with Gasteiger partial charge in [-0.25, -0.2) is 0 Å². The molecule has 4 aromatic carbocycles. The van der Waals surface area contributed by atoms with Gasteiger partial charge in [-0.05, 0) is 5.56 Å². The minimum absolute atomic E-state index is 0.00691. The molecule has 0 fully saturated rings. The van der Waals surface area contributed by atoms with Gasteiger partial charge in [0.25, 0.3) is 0 Å². The highest BCUT2D eigenvalue weighted by Crippen LogP contribution is 2.27. The molecule has 1 N–H and O–H groups in total. The fourth-order valence-corrected chi connectivity index (χ4v) is 3.60. The summed E-state index contributed by atoms with van der Waals surface area (Å²) in [5.41, 5.74) is 1.29. The van der Waals surface area contributed by atoms with Crippen LogP contribution in [0.5, 0.6) is 0 Å². The molecule has 0 aliphatic heterocycles. The number of carbonyl (C=O) groups is 3. The van der Waals surface area contributed by atoms with Gasteiger partial charge in [0.1, 0.15) is 6.10 Å². The summed E-state index contributed by atoms with van der Waals surface area (Å²) < 4.78 is 0. The van der Waals surface area contributed by atoms with Crippen LogP contribution in [0.1, 0.15) is 53.9 Å². The lowest BCUT2D eigenvalue weighted by atomic mass is 9.86. The van der Waals surface area contributed by atoms with Crippen LogP contribution in [-0.2, 0) is 0 Å². The van der Waals surface area contributed by atoms with Gasteiger partial charge in [0.15, 0.2) is 17.3 Å². The number of hydrogen-bond acceptors (Lipinski definition) is 4. The second-order valence-corrected chi connectivity index (χ2v) is 7.30. The summed E-state index contributed by atoms with van der Waals surface area (Å²) in [6, 6.07) is 30.1. The maximum atomic E-state index is 13.5. The lowest BCUT2D eigenvalue weighted by Crippen LogP contribution is -2.20. The highest BCUT2D eigenvalue weighted by Gasteiger charge is 2.29. The van der Waals surface area contributed by atoms with Gasteiger partial charge < -0.3 is 5.11 Å². The van der Waals surface area contributed by atoms with E-state index in [2.05, 4.69) is 0 Å². The minimum atomic E-state index is -1.46. The second-order valence-electron chi connectivity index (χ2n) is 7.30. The third kappa shape index (κ3) is 4.17. The van der Waals surface area contributed by atoms with Crippen LogP contribution >= 0.6 is 0 Å². The Morgan fingerprint density at radius 3 is 1.56 bits per heavy atom. The first kappa shape index (κ1) is 21.1. The number of Topliss-reactive ketones (excluding diaryl/α,β-unsaturated/α-hetero) is 1. The fourth-order valence-electron chi connectivity index (χ4n) is 3.60. The molecule has 0 bridgehead atoms. The van der Waals surface area contributed by atoms with Crippen molar-refractivity contribution >= 4 is 17.3 Å². The van der Waals surface area contributed by atoms with Crippen LogP contribution in [0.3, 0.4) is 0 Å². The average molecular weight is 420 g/mol. The van der Waals surface area contributed by atoms with E-state index in [1.165, 1.54) is 12.1 Å². The summed E-state index contributed by atoms with van der Waals surface area (Å²) in [6.07, 6.45) is -1.46. The predicted octanol–water partition coefficient (Wildman–Crippen LogP) is 5.06. The molecule has 0 saturated heterocycles. The summed E-state index contributed by atoms with van der Waals surface area (Å²) in [6.45, 7) is 0. The second kappa shape index (κ2) is 9.33. The van der Waals surface area contributed by atoms with Gasteiger partial charge in [-0.2, -0.15) is 0 Å². The van der Waals surface area contributed by atoms with E-state index in [1.807, 2.05) is 0 Å². The molecule has 0 amide bonds. The van der Waals surface area contributed by atoms with Crippen molar-refractivity contribution in [2.75, 3.05) is 0 Å². The van der Waals surface area contributed by atoms with E-state index in [0.717, 1.165) is 0 Å². The maximum absolute atomic E-state index is 13.5. The summed E-state index contributed by atoms with van der Waals surface area (Å²) >= 11 is 0. The largest absolute Gasteiger partial charge is 0.380 e. The van der Waals surface area contributed by atoms with E-state index >= 15 is 0 Å². The molecule has 0 saturated carbocycles. The summed E-state index contributed by atoms with van der Waals surface area (Å²) in [7, 11) is 0. The first-order valence-electron chi connectivity index (χ1n) is 10.2. The zero-order valence-electron chi connectivity index (χ0n) is 17.1. The summed E-state index contributed by atoms with van der Waals surface area (Å²) in [5.74, 6) is -1.46. The highest BCUT2D eigenvalue weighted by atomic mass is 16.3. The number of ketones is 3. The first-order valence-corrected chi connectivity index (χ1v) is 10.2. The van der Waals surface area contributed by atoms with E-state index in [9.17, 15) is 19.5 Å². The third-order valence-electron chi connectivity index (χ3n) is 5.24. The van der Waals surface area contributed by atoms with Crippen molar-refractivity contribution in [3.05, 3.63) is 143 Å². The highest BCUT2D eigenvalue weighted by molar-refractivity contribution is 6.23. The van der Waals surface area contributed by atoms with Crippen molar-refractivity contribution in [2.24, 2.45) is 0 Å². The topological polar surface area (TPSA) is 71.4 Å². The molecule has 0 spiro atoms. The number of benzene rings is 4. The van der Waals surface area contributed by atoms with Crippen LogP contribution in [0.25, 0.3) is 0 Å². The number of carbonyl (C=O) groups excluding carboxylic acids is 3. The maximum Gasteiger partial charge on any atom is 0.196 e. The van der Waals surface area contributed by atoms with Crippen molar-refractivity contribution in [3.63, 3.8) is 0 Å². The lowest BCUT2D eigenvalue weighted by Gasteiger charge is -2.16. The normalized spacial score (nSPS) is 11.5. The molecular weight excluding hydrogens is 400 g/mol. The third-order valence-corrected chi connectivity index (χ3v) is 5.24. The summed E-state index contributed by atoms with van der Waals surface area (Å²) in [5, 5.41) is 10.7. The molecule has 4 rings (SSSR count). The zero-order valence-corrected chi connectivity index (χ0v) is 17.1. The minimum Gasteiger partial charge on any atom is -0.380 e. The zero-order chi connectivity index (χ0) is 22.5. The molecule has 0 heterocycles. The van der Waals surface area contributed by atoms with Gasteiger partial charge in [0.05, 0.1) is 0 Å². The quantitative estimate of drug-likeness (QED) is 0.424. The Hall–Kier alpha value is -4.15. The monoisotopic (exact) mass is 420 g/mol. The molecule has 1 atom stereocenters. The molecular formula is C28H20O4. The molecule has 4 heteroatoms. The van der Waals surface area contributed by atoms with E-state index in [4.69, 9.17) is 0 Å². The van der Waals surface area contributed by atoms with E-state index in [-0.39, 0.29) is 22.5 Å². The number of hydrogen-bond donors (Lipinski definition) is 1. The van der Waals surface area contributed by atoms with Crippen molar-refractivity contribution < 1.29 is 19.5 Å². The molecule has 0 aromatic heterocycles. The van der Waals surface area contributed by atoms with Gasteiger partial charge in [0, 0.05) is 27.8 Å². The van der Waals surface area contributed by atoms with Gasteiger partial charge in [-0.3, -0.25) is 14.4 Å². The van der Waals surface area contributed by atoms with Crippen LogP contribution in [0, 0.1) is 0 Å². The van der Waals surface area contributed by atoms with E-state index < -0.39 is 17.7 Å². The molecule has 4 aromatic rings. The van der Waals surface area contributed by atoms with Crippen LogP contribution in [0.2, 0.25) is 0 Å². The van der Waals surface area contributed by atoms with Crippen LogP contribution in [-0.4, -0.2) is 22.5 Å². The first-order chi connectivity index (χ1) is 15.6. The number of aliphatic hydroxyl groups excluding tert-OH is 1. The van der Waals surface area contributed by atoms with E-state index in [1.54, 1.807) is 97.1 Å². The van der Waals surface area contributed by atoms with Crippen molar-refractivity contribution in [2.45, 2.75) is 6.10 Å². The Bertz CT molecular complexity index is 1260. The molecule has 156 valence electrons. The average Bonchev–Trinajstić information content (AvgIpc) is 2.88. The van der Waals surface area contributed by atoms with Crippen molar-refractivity contribution in [1.29, 1.82) is 0 Å². The van der Waals surface area contributed by atoms with Gasteiger partial charge in [0.2, 0.25) is 0 Å². The predicted molar refractivity (Wildman–Crippen MR) is 122 cm³/mol. The smallest absolute Gasteiger partial charge is 0.196 e. The summed E-state index contributed by atoms with van der Waals surface area (Å²) in [4.78, 5) is 40.1. The van der Waals surface area contributed by atoms with Crippen LogP contribution in [0.15, 0.2) is 109 Å². The van der Waals surface area contributed by atoms with Crippen molar-refractivity contribution in [3.8, 4) is 0 Å². The molecule has 32 heavy (non-hydrogen) atoms. The molecule has 4 nitrogen and oxygen atoms in total. The van der Waals surface area contributed by atoms with Gasteiger partial charge in [-0.15, -0.1) is 0 Å². The SMILES string of the molecule is O=C(c1ccccc1)c1cccc(C(=O)C(O)c2ccccc2)c1C(=O)c1ccccc1. The number of aliphatic hydroxyl groups is 1. The van der Waals surface area contributed by atoms with Crippen molar-refractivity contribution in [1.82, 2.24) is 0 Å².